The average Bonchev–Trinajstić information content (AvgIpc) is 2.86. The molecule has 9 heteroatoms. The zero-order valence-corrected chi connectivity index (χ0v) is 18.5. The zero-order valence-electron chi connectivity index (χ0n) is 16.9. The first-order chi connectivity index (χ1) is 13.7. The van der Waals surface area contributed by atoms with Crippen molar-refractivity contribution in [2.45, 2.75) is 38.5 Å². The molecule has 0 unspecified atom stereocenters. The summed E-state index contributed by atoms with van der Waals surface area (Å²) in [5, 5.41) is 0.955. The molecule has 158 valence electrons. The molecule has 0 atom stereocenters. The molecule has 1 aliphatic rings. The number of thiazole rings is 1. The Bertz CT molecular complexity index is 971. The van der Waals surface area contributed by atoms with Crippen molar-refractivity contribution in [2.24, 2.45) is 5.92 Å². The third-order valence-electron chi connectivity index (χ3n) is 4.81. The number of aromatic nitrogens is 1. The second-order valence-corrected chi connectivity index (χ2v) is 10.6. The summed E-state index contributed by atoms with van der Waals surface area (Å²) in [5.41, 5.74) is 0.732. The number of sulfonamides is 1. The first kappa shape index (κ1) is 21.9. The predicted octanol–water partition coefficient (Wildman–Crippen LogP) is 3.33. The SMILES string of the molecule is Cc1nc(CC(C)C)sc1C(=O)N1CCCN(S(=O)(=O)c2ccc(F)cc2)CC1. The van der Waals surface area contributed by atoms with E-state index in [4.69, 9.17) is 0 Å². The minimum atomic E-state index is -3.71. The zero-order chi connectivity index (χ0) is 21.2. The van der Waals surface area contributed by atoms with E-state index in [1.807, 2.05) is 6.92 Å². The Hall–Kier alpha value is -1.84. The third-order valence-corrected chi connectivity index (χ3v) is 7.89. The Labute approximate surface area is 175 Å². The van der Waals surface area contributed by atoms with Crippen molar-refractivity contribution in [3.05, 3.63) is 45.7 Å². The molecule has 0 N–H and O–H groups in total. The van der Waals surface area contributed by atoms with Crippen LogP contribution < -0.4 is 0 Å². The number of rotatable bonds is 5. The third kappa shape index (κ3) is 5.02. The molecule has 0 aliphatic carbocycles. The summed E-state index contributed by atoms with van der Waals surface area (Å²) in [6.07, 6.45) is 1.38. The minimum absolute atomic E-state index is 0.0651. The van der Waals surface area contributed by atoms with Crippen LogP contribution in [0, 0.1) is 18.7 Å². The van der Waals surface area contributed by atoms with Crippen LogP contribution in [-0.2, 0) is 16.4 Å². The van der Waals surface area contributed by atoms with E-state index in [9.17, 15) is 17.6 Å². The van der Waals surface area contributed by atoms with Gasteiger partial charge in [-0.3, -0.25) is 4.79 Å². The number of hydrogen-bond acceptors (Lipinski definition) is 5. The van der Waals surface area contributed by atoms with Crippen LogP contribution in [0.4, 0.5) is 4.39 Å². The van der Waals surface area contributed by atoms with E-state index in [1.165, 1.54) is 27.8 Å². The highest BCUT2D eigenvalue weighted by Crippen LogP contribution is 2.24. The summed E-state index contributed by atoms with van der Waals surface area (Å²) < 4.78 is 40.2. The molecule has 29 heavy (non-hydrogen) atoms. The van der Waals surface area contributed by atoms with E-state index in [1.54, 1.807) is 4.90 Å². The second kappa shape index (κ2) is 8.89. The summed E-state index contributed by atoms with van der Waals surface area (Å²) in [4.78, 5) is 20.0. The monoisotopic (exact) mass is 439 g/mol. The Kier molecular flexibility index (Phi) is 6.70. The molecule has 1 aromatic carbocycles. The van der Waals surface area contributed by atoms with Gasteiger partial charge in [-0.15, -0.1) is 11.3 Å². The lowest BCUT2D eigenvalue weighted by Crippen LogP contribution is -2.37. The number of benzene rings is 1. The fraction of sp³-hybridized carbons (Fsp3) is 0.500. The first-order valence-corrected chi connectivity index (χ1v) is 12.0. The highest BCUT2D eigenvalue weighted by atomic mass is 32.2. The average molecular weight is 440 g/mol. The fourth-order valence-corrected chi connectivity index (χ4v) is 6.04. The molecule has 0 saturated carbocycles. The maximum Gasteiger partial charge on any atom is 0.265 e. The lowest BCUT2D eigenvalue weighted by atomic mass is 10.1. The molecular weight excluding hydrogens is 413 g/mol. The molecule has 2 heterocycles. The van der Waals surface area contributed by atoms with E-state index in [2.05, 4.69) is 18.8 Å². The van der Waals surface area contributed by atoms with E-state index >= 15 is 0 Å². The van der Waals surface area contributed by atoms with Gasteiger partial charge in [-0.05, 0) is 43.5 Å². The number of carbonyl (C=O) groups is 1. The molecule has 0 spiro atoms. The predicted molar refractivity (Wildman–Crippen MR) is 111 cm³/mol. The normalized spacial score (nSPS) is 16.2. The van der Waals surface area contributed by atoms with E-state index in [-0.39, 0.29) is 17.3 Å². The summed E-state index contributed by atoms with van der Waals surface area (Å²) in [5.74, 6) is -0.101. The maximum absolute atomic E-state index is 13.1. The topological polar surface area (TPSA) is 70.6 Å². The smallest absolute Gasteiger partial charge is 0.265 e. The molecule has 1 aliphatic heterocycles. The van der Waals surface area contributed by atoms with Gasteiger partial charge in [0, 0.05) is 32.6 Å². The van der Waals surface area contributed by atoms with Gasteiger partial charge in [0.25, 0.3) is 5.91 Å². The fourth-order valence-electron chi connectivity index (χ4n) is 3.32. The van der Waals surface area contributed by atoms with Crippen LogP contribution in [0.5, 0.6) is 0 Å². The summed E-state index contributed by atoms with van der Waals surface area (Å²) in [7, 11) is -3.71. The van der Waals surface area contributed by atoms with Crippen LogP contribution in [0.3, 0.4) is 0 Å². The summed E-state index contributed by atoms with van der Waals surface area (Å²) in [6, 6.07) is 4.83. The van der Waals surface area contributed by atoms with Crippen molar-refractivity contribution in [1.29, 1.82) is 0 Å². The van der Waals surface area contributed by atoms with E-state index in [0.717, 1.165) is 29.3 Å². The van der Waals surface area contributed by atoms with Crippen LogP contribution in [-0.4, -0.2) is 54.7 Å². The van der Waals surface area contributed by atoms with Crippen LogP contribution in [0.1, 0.15) is 40.6 Å². The van der Waals surface area contributed by atoms with Crippen molar-refractivity contribution < 1.29 is 17.6 Å². The highest BCUT2D eigenvalue weighted by molar-refractivity contribution is 7.89. The first-order valence-electron chi connectivity index (χ1n) is 9.69. The van der Waals surface area contributed by atoms with Gasteiger partial charge in [0.2, 0.25) is 10.0 Å². The Morgan fingerprint density at radius 3 is 2.52 bits per heavy atom. The molecule has 1 aromatic heterocycles. The number of halogens is 1. The van der Waals surface area contributed by atoms with Crippen LogP contribution >= 0.6 is 11.3 Å². The molecule has 1 fully saturated rings. The van der Waals surface area contributed by atoms with Gasteiger partial charge >= 0.3 is 0 Å². The molecule has 3 rings (SSSR count). The Morgan fingerprint density at radius 1 is 1.17 bits per heavy atom. The van der Waals surface area contributed by atoms with Crippen molar-refractivity contribution in [2.75, 3.05) is 26.2 Å². The van der Waals surface area contributed by atoms with Crippen LogP contribution in [0.2, 0.25) is 0 Å². The number of aryl methyl sites for hydroxylation is 1. The van der Waals surface area contributed by atoms with Gasteiger partial charge in [0.15, 0.2) is 0 Å². The van der Waals surface area contributed by atoms with Crippen molar-refractivity contribution in [3.63, 3.8) is 0 Å². The van der Waals surface area contributed by atoms with Gasteiger partial charge in [0.05, 0.1) is 15.6 Å². The lowest BCUT2D eigenvalue weighted by Gasteiger charge is -2.21. The van der Waals surface area contributed by atoms with E-state index < -0.39 is 15.8 Å². The van der Waals surface area contributed by atoms with Crippen molar-refractivity contribution >= 4 is 27.3 Å². The molecular formula is C20H26FN3O3S2. The van der Waals surface area contributed by atoms with Gasteiger partial charge < -0.3 is 4.90 Å². The Balaban J connectivity index is 1.72. The number of carbonyl (C=O) groups excluding carboxylic acids is 1. The van der Waals surface area contributed by atoms with Gasteiger partial charge in [0.1, 0.15) is 10.7 Å². The maximum atomic E-state index is 13.1. The molecule has 1 amide bonds. The second-order valence-electron chi connectivity index (χ2n) is 7.62. The molecule has 1 saturated heterocycles. The standard InChI is InChI=1S/C20H26FN3O3S2/c1-14(2)13-18-22-15(3)19(28-18)20(25)23-9-4-10-24(12-11-23)29(26,27)17-7-5-16(21)6-8-17/h5-8,14H,4,9-13H2,1-3H3. The molecule has 6 nitrogen and oxygen atoms in total. The summed E-state index contributed by atoms with van der Waals surface area (Å²) >= 11 is 1.43. The number of hydrogen-bond donors (Lipinski definition) is 0. The highest BCUT2D eigenvalue weighted by Gasteiger charge is 2.29. The van der Waals surface area contributed by atoms with Crippen LogP contribution in [0.25, 0.3) is 0 Å². The van der Waals surface area contributed by atoms with Crippen LogP contribution in [0.15, 0.2) is 29.2 Å². The van der Waals surface area contributed by atoms with Crippen molar-refractivity contribution in [3.8, 4) is 0 Å². The minimum Gasteiger partial charge on any atom is -0.337 e. The molecule has 2 aromatic rings. The van der Waals surface area contributed by atoms with Gasteiger partial charge in [-0.1, -0.05) is 13.8 Å². The number of nitrogens with zero attached hydrogens (tertiary/aromatic N) is 3. The lowest BCUT2D eigenvalue weighted by molar-refractivity contribution is 0.0768. The molecule has 0 radical (unpaired) electrons. The van der Waals surface area contributed by atoms with Crippen molar-refractivity contribution in [1.82, 2.24) is 14.2 Å². The Morgan fingerprint density at radius 2 is 1.86 bits per heavy atom. The van der Waals surface area contributed by atoms with Gasteiger partial charge in [-0.25, -0.2) is 17.8 Å². The largest absolute Gasteiger partial charge is 0.337 e. The summed E-state index contributed by atoms with van der Waals surface area (Å²) in [6.45, 7) is 7.41. The quantitative estimate of drug-likeness (QED) is 0.717. The van der Waals surface area contributed by atoms with Gasteiger partial charge in [-0.2, -0.15) is 4.31 Å². The van der Waals surface area contributed by atoms with E-state index in [0.29, 0.717) is 36.9 Å². The number of amides is 1. The molecule has 0 bridgehead atoms.